The Morgan fingerprint density at radius 2 is 1.93 bits per heavy atom. The second-order valence-electron chi connectivity index (χ2n) is 6.75. The highest BCUT2D eigenvalue weighted by molar-refractivity contribution is 6.04. The van der Waals surface area contributed by atoms with E-state index in [1.165, 1.54) is 0 Å². The molecule has 2 aromatic rings. The highest BCUT2D eigenvalue weighted by atomic mass is 16.5. The minimum Gasteiger partial charge on any atom is -0.494 e. The van der Waals surface area contributed by atoms with Crippen molar-refractivity contribution < 1.29 is 19.1 Å². The first-order chi connectivity index (χ1) is 13.7. The Hall–Kier alpha value is -2.86. The summed E-state index contributed by atoms with van der Waals surface area (Å²) in [5.74, 6) is 0.305. The highest BCUT2D eigenvalue weighted by Crippen LogP contribution is 2.16. The van der Waals surface area contributed by atoms with Gasteiger partial charge in [-0.25, -0.2) is 0 Å². The fourth-order valence-electron chi connectivity index (χ4n) is 2.97. The SMILES string of the molecule is CCCOc1cccc(C(=O)Nc2ccc(C(=O)NCC3CCCO3)cc2)c1. The number of hydrogen-bond acceptors (Lipinski definition) is 4. The van der Waals surface area contributed by atoms with E-state index in [0.29, 0.717) is 35.7 Å². The molecular weight excluding hydrogens is 356 g/mol. The van der Waals surface area contributed by atoms with E-state index in [-0.39, 0.29) is 17.9 Å². The molecule has 2 aromatic carbocycles. The van der Waals surface area contributed by atoms with E-state index in [4.69, 9.17) is 9.47 Å². The molecule has 1 heterocycles. The maximum Gasteiger partial charge on any atom is 0.255 e. The zero-order chi connectivity index (χ0) is 19.8. The van der Waals surface area contributed by atoms with Gasteiger partial charge in [0, 0.05) is 30.0 Å². The molecule has 0 spiro atoms. The van der Waals surface area contributed by atoms with Crippen LogP contribution in [0.2, 0.25) is 0 Å². The van der Waals surface area contributed by atoms with Crippen LogP contribution in [0.5, 0.6) is 5.75 Å². The molecule has 0 radical (unpaired) electrons. The first-order valence-electron chi connectivity index (χ1n) is 9.70. The van der Waals surface area contributed by atoms with Gasteiger partial charge in [-0.3, -0.25) is 9.59 Å². The van der Waals surface area contributed by atoms with E-state index in [0.717, 1.165) is 25.9 Å². The van der Waals surface area contributed by atoms with Crippen molar-refractivity contribution in [1.82, 2.24) is 5.32 Å². The van der Waals surface area contributed by atoms with Crippen molar-refractivity contribution in [2.75, 3.05) is 25.1 Å². The summed E-state index contributed by atoms with van der Waals surface area (Å²) in [6.07, 6.45) is 3.04. The van der Waals surface area contributed by atoms with Crippen LogP contribution in [0, 0.1) is 0 Å². The summed E-state index contributed by atoms with van der Waals surface area (Å²) >= 11 is 0. The summed E-state index contributed by atoms with van der Waals surface area (Å²) in [6.45, 7) is 3.93. The van der Waals surface area contributed by atoms with Crippen molar-refractivity contribution in [3.05, 3.63) is 59.7 Å². The van der Waals surface area contributed by atoms with E-state index < -0.39 is 0 Å². The third-order valence-corrected chi connectivity index (χ3v) is 4.49. The molecule has 1 atom stereocenters. The van der Waals surface area contributed by atoms with Gasteiger partial charge in [-0.05, 0) is 61.7 Å². The van der Waals surface area contributed by atoms with Gasteiger partial charge in [0.05, 0.1) is 12.7 Å². The lowest BCUT2D eigenvalue weighted by atomic mass is 10.1. The van der Waals surface area contributed by atoms with E-state index in [2.05, 4.69) is 10.6 Å². The Morgan fingerprint density at radius 3 is 2.64 bits per heavy atom. The fraction of sp³-hybridized carbons (Fsp3) is 0.364. The number of amides is 2. The number of hydrogen-bond donors (Lipinski definition) is 2. The van der Waals surface area contributed by atoms with E-state index >= 15 is 0 Å². The number of ether oxygens (including phenoxy) is 2. The molecule has 6 heteroatoms. The Balaban J connectivity index is 1.54. The Labute approximate surface area is 165 Å². The zero-order valence-corrected chi connectivity index (χ0v) is 16.1. The Morgan fingerprint density at radius 1 is 1.11 bits per heavy atom. The highest BCUT2D eigenvalue weighted by Gasteiger charge is 2.16. The first-order valence-corrected chi connectivity index (χ1v) is 9.70. The molecule has 2 amide bonds. The molecular formula is C22H26N2O4. The monoisotopic (exact) mass is 382 g/mol. The maximum absolute atomic E-state index is 12.4. The topological polar surface area (TPSA) is 76.7 Å². The van der Waals surface area contributed by atoms with Gasteiger partial charge in [-0.2, -0.15) is 0 Å². The zero-order valence-electron chi connectivity index (χ0n) is 16.1. The van der Waals surface area contributed by atoms with E-state index in [9.17, 15) is 9.59 Å². The standard InChI is InChI=1S/C22H26N2O4/c1-2-12-27-19-6-3-5-17(14-19)22(26)24-18-10-8-16(9-11-18)21(25)23-15-20-7-4-13-28-20/h3,5-6,8-11,14,20H,2,4,7,12-13,15H2,1H3,(H,23,25)(H,24,26). The van der Waals surface area contributed by atoms with Crippen LogP contribution in [-0.2, 0) is 4.74 Å². The van der Waals surface area contributed by atoms with Crippen LogP contribution in [0.15, 0.2) is 48.5 Å². The van der Waals surface area contributed by atoms with Gasteiger partial charge < -0.3 is 20.1 Å². The van der Waals surface area contributed by atoms with Crippen LogP contribution in [0.1, 0.15) is 46.9 Å². The van der Waals surface area contributed by atoms with Crippen LogP contribution < -0.4 is 15.4 Å². The van der Waals surface area contributed by atoms with E-state index in [1.54, 1.807) is 42.5 Å². The summed E-state index contributed by atoms with van der Waals surface area (Å²) in [6, 6.07) is 13.9. The van der Waals surface area contributed by atoms with E-state index in [1.807, 2.05) is 13.0 Å². The number of carbonyl (C=O) groups excluding carboxylic acids is 2. The quantitative estimate of drug-likeness (QED) is 0.731. The fourth-order valence-corrected chi connectivity index (χ4v) is 2.97. The lowest BCUT2D eigenvalue weighted by Crippen LogP contribution is -2.31. The number of carbonyl (C=O) groups is 2. The number of benzene rings is 2. The number of rotatable bonds is 8. The van der Waals surface area contributed by atoms with Gasteiger partial charge in [-0.15, -0.1) is 0 Å². The Bertz CT molecular complexity index is 798. The normalized spacial score (nSPS) is 15.8. The van der Waals surface area contributed by atoms with Crippen molar-refractivity contribution in [1.29, 1.82) is 0 Å². The molecule has 0 saturated carbocycles. The lowest BCUT2D eigenvalue weighted by Gasteiger charge is -2.11. The molecule has 148 valence electrons. The average molecular weight is 382 g/mol. The molecule has 28 heavy (non-hydrogen) atoms. The van der Waals surface area contributed by atoms with Crippen molar-refractivity contribution in [3.8, 4) is 5.75 Å². The van der Waals surface area contributed by atoms with Gasteiger partial charge >= 0.3 is 0 Å². The van der Waals surface area contributed by atoms with Crippen LogP contribution in [0.3, 0.4) is 0 Å². The summed E-state index contributed by atoms with van der Waals surface area (Å²) in [5, 5.41) is 5.72. The Kier molecular flexibility index (Phi) is 7.03. The second kappa shape index (κ2) is 9.90. The van der Waals surface area contributed by atoms with Crippen molar-refractivity contribution >= 4 is 17.5 Å². The number of nitrogens with one attached hydrogen (secondary N) is 2. The molecule has 6 nitrogen and oxygen atoms in total. The minimum absolute atomic E-state index is 0.111. The smallest absolute Gasteiger partial charge is 0.255 e. The predicted octanol–water partition coefficient (Wildman–Crippen LogP) is 3.64. The molecule has 3 rings (SSSR count). The predicted molar refractivity (Wildman–Crippen MR) is 108 cm³/mol. The van der Waals surface area contributed by atoms with Gasteiger partial charge in [0.1, 0.15) is 5.75 Å². The summed E-state index contributed by atoms with van der Waals surface area (Å²) in [7, 11) is 0. The molecule has 1 aliphatic heterocycles. The van der Waals surface area contributed by atoms with Crippen molar-refractivity contribution in [2.24, 2.45) is 0 Å². The summed E-state index contributed by atoms with van der Waals surface area (Å²) < 4.78 is 11.1. The maximum atomic E-state index is 12.4. The molecule has 1 aliphatic rings. The van der Waals surface area contributed by atoms with Crippen molar-refractivity contribution in [3.63, 3.8) is 0 Å². The lowest BCUT2D eigenvalue weighted by molar-refractivity contribution is 0.0857. The van der Waals surface area contributed by atoms with Crippen LogP contribution >= 0.6 is 0 Å². The molecule has 2 N–H and O–H groups in total. The molecule has 0 aliphatic carbocycles. The third-order valence-electron chi connectivity index (χ3n) is 4.49. The van der Waals surface area contributed by atoms with Gasteiger partial charge in [-0.1, -0.05) is 13.0 Å². The van der Waals surface area contributed by atoms with Crippen LogP contribution in [-0.4, -0.2) is 37.7 Å². The molecule has 1 fully saturated rings. The van der Waals surface area contributed by atoms with Gasteiger partial charge in [0.2, 0.25) is 0 Å². The summed E-state index contributed by atoms with van der Waals surface area (Å²) in [5.41, 5.74) is 1.69. The summed E-state index contributed by atoms with van der Waals surface area (Å²) in [4.78, 5) is 24.7. The molecule has 0 bridgehead atoms. The van der Waals surface area contributed by atoms with Crippen LogP contribution in [0.4, 0.5) is 5.69 Å². The largest absolute Gasteiger partial charge is 0.494 e. The molecule has 0 aromatic heterocycles. The third kappa shape index (κ3) is 5.57. The molecule has 1 saturated heterocycles. The van der Waals surface area contributed by atoms with Gasteiger partial charge in [0.15, 0.2) is 0 Å². The van der Waals surface area contributed by atoms with Gasteiger partial charge in [0.25, 0.3) is 11.8 Å². The van der Waals surface area contributed by atoms with Crippen LogP contribution in [0.25, 0.3) is 0 Å². The first kappa shape index (κ1) is 19.9. The molecule has 1 unspecified atom stereocenters. The minimum atomic E-state index is -0.225. The second-order valence-corrected chi connectivity index (χ2v) is 6.75. The van der Waals surface area contributed by atoms with Crippen molar-refractivity contribution in [2.45, 2.75) is 32.3 Å². The average Bonchev–Trinajstić information content (AvgIpc) is 3.25. The number of anilines is 1.